The molecule has 1 aliphatic rings. The molecule has 1 aliphatic heterocycles. The summed E-state index contributed by atoms with van der Waals surface area (Å²) >= 11 is 1.79. The molecule has 3 heterocycles. The highest BCUT2D eigenvalue weighted by atomic mass is 32.1. The van der Waals surface area contributed by atoms with Crippen molar-refractivity contribution in [2.75, 3.05) is 13.1 Å². The summed E-state index contributed by atoms with van der Waals surface area (Å²) < 4.78 is 0. The summed E-state index contributed by atoms with van der Waals surface area (Å²) in [6.45, 7) is 4.00. The summed E-state index contributed by atoms with van der Waals surface area (Å²) in [5.41, 5.74) is 2.41. The van der Waals surface area contributed by atoms with Gasteiger partial charge in [-0.1, -0.05) is 6.07 Å². The van der Waals surface area contributed by atoms with Crippen LogP contribution in [0.5, 0.6) is 0 Å². The first-order valence-electron chi connectivity index (χ1n) is 7.20. The summed E-state index contributed by atoms with van der Waals surface area (Å²) in [6, 6.07) is 6.20. The molecule has 1 atom stereocenters. The number of carbonyl (C=O) groups excluding carboxylic acids is 1. The van der Waals surface area contributed by atoms with E-state index in [4.69, 9.17) is 0 Å². The van der Waals surface area contributed by atoms with Crippen molar-refractivity contribution in [3.05, 3.63) is 52.0 Å². The summed E-state index contributed by atoms with van der Waals surface area (Å²) in [7, 11) is 0. The number of rotatable bonds is 4. The number of amides is 1. The number of nitrogens with one attached hydrogen (secondary N) is 1. The Balaban J connectivity index is 1.53. The second-order valence-corrected chi connectivity index (χ2v) is 6.32. The molecule has 4 nitrogen and oxygen atoms in total. The molecule has 0 unspecified atom stereocenters. The fourth-order valence-electron chi connectivity index (χ4n) is 2.56. The lowest BCUT2D eigenvalue weighted by atomic mass is 10.1. The molecule has 0 aromatic carbocycles. The maximum atomic E-state index is 12.3. The van der Waals surface area contributed by atoms with Crippen LogP contribution in [0, 0.1) is 0 Å². The number of nitrogens with zero attached hydrogens (tertiary/aromatic N) is 2. The summed E-state index contributed by atoms with van der Waals surface area (Å²) in [5.74, 6) is 0.169. The van der Waals surface area contributed by atoms with Crippen LogP contribution in [0.2, 0.25) is 0 Å². The van der Waals surface area contributed by atoms with E-state index in [0.29, 0.717) is 6.54 Å². The van der Waals surface area contributed by atoms with Gasteiger partial charge in [-0.05, 0) is 42.0 Å². The van der Waals surface area contributed by atoms with Gasteiger partial charge in [0.15, 0.2) is 0 Å². The van der Waals surface area contributed by atoms with E-state index < -0.39 is 0 Å². The van der Waals surface area contributed by atoms with Crippen molar-refractivity contribution >= 4 is 17.2 Å². The minimum absolute atomic E-state index is 0.129. The molecule has 0 bridgehead atoms. The molecule has 0 aliphatic carbocycles. The predicted molar refractivity (Wildman–Crippen MR) is 84.1 cm³/mol. The predicted octanol–water partition coefficient (Wildman–Crippen LogP) is 2.38. The molecule has 1 N–H and O–H groups in total. The van der Waals surface area contributed by atoms with E-state index in [1.54, 1.807) is 17.5 Å². The zero-order chi connectivity index (χ0) is 14.7. The van der Waals surface area contributed by atoms with Crippen LogP contribution in [0.15, 0.2) is 36.0 Å². The zero-order valence-corrected chi connectivity index (χ0v) is 12.9. The van der Waals surface area contributed by atoms with Crippen molar-refractivity contribution < 1.29 is 4.79 Å². The second kappa shape index (κ2) is 6.37. The lowest BCUT2D eigenvalue weighted by Gasteiger charge is -2.27. The molecular weight excluding hydrogens is 282 g/mol. The van der Waals surface area contributed by atoms with Gasteiger partial charge in [0.25, 0.3) is 0 Å². The van der Waals surface area contributed by atoms with Crippen molar-refractivity contribution in [2.24, 2.45) is 0 Å². The first-order chi connectivity index (χ1) is 10.2. The lowest BCUT2D eigenvalue weighted by Crippen LogP contribution is -2.41. The Kier molecular flexibility index (Phi) is 4.31. The molecule has 2 aromatic heterocycles. The highest BCUT2D eigenvalue weighted by molar-refractivity contribution is 7.10. The van der Waals surface area contributed by atoms with Crippen LogP contribution < -0.4 is 5.32 Å². The van der Waals surface area contributed by atoms with E-state index in [0.717, 1.165) is 25.1 Å². The second-order valence-electron chi connectivity index (χ2n) is 5.32. The Labute approximate surface area is 128 Å². The van der Waals surface area contributed by atoms with Gasteiger partial charge in [-0.3, -0.25) is 9.78 Å². The van der Waals surface area contributed by atoms with Gasteiger partial charge in [0.2, 0.25) is 5.91 Å². The normalized spacial score (nSPS) is 15.6. The molecule has 0 saturated carbocycles. The number of fused-ring (bicyclic) bond motifs is 1. The van der Waals surface area contributed by atoms with Gasteiger partial charge in [-0.25, -0.2) is 0 Å². The summed E-state index contributed by atoms with van der Waals surface area (Å²) in [4.78, 5) is 19.8. The standard InChI is InChI=1S/C16H19N3OS/c1-12(13-3-2-6-17-9-13)18-10-16(20)19-7-4-15-14(11-19)5-8-21-15/h2-3,5-6,8-9,12,18H,4,7,10-11H2,1H3/t12-/m0/s1. The number of hydrogen-bond acceptors (Lipinski definition) is 4. The fourth-order valence-corrected chi connectivity index (χ4v) is 3.45. The topological polar surface area (TPSA) is 45.2 Å². The number of aromatic nitrogens is 1. The van der Waals surface area contributed by atoms with Gasteiger partial charge >= 0.3 is 0 Å². The Morgan fingerprint density at radius 2 is 2.43 bits per heavy atom. The van der Waals surface area contributed by atoms with E-state index in [9.17, 15) is 4.79 Å². The van der Waals surface area contributed by atoms with Crippen molar-refractivity contribution in [1.29, 1.82) is 0 Å². The molecule has 0 fully saturated rings. The number of hydrogen-bond donors (Lipinski definition) is 1. The van der Waals surface area contributed by atoms with Crippen LogP contribution >= 0.6 is 11.3 Å². The largest absolute Gasteiger partial charge is 0.337 e. The molecule has 3 rings (SSSR count). The minimum atomic E-state index is 0.129. The Morgan fingerprint density at radius 3 is 3.24 bits per heavy atom. The molecule has 0 saturated heterocycles. The van der Waals surface area contributed by atoms with E-state index in [1.165, 1.54) is 10.4 Å². The van der Waals surface area contributed by atoms with Crippen molar-refractivity contribution in [1.82, 2.24) is 15.2 Å². The third-order valence-electron chi connectivity index (χ3n) is 3.90. The molecule has 5 heteroatoms. The van der Waals surface area contributed by atoms with Crippen molar-refractivity contribution in [3.8, 4) is 0 Å². The quantitative estimate of drug-likeness (QED) is 0.943. The van der Waals surface area contributed by atoms with Crippen LogP contribution in [-0.2, 0) is 17.8 Å². The first-order valence-corrected chi connectivity index (χ1v) is 8.08. The Morgan fingerprint density at radius 1 is 1.52 bits per heavy atom. The molecule has 2 aromatic rings. The van der Waals surface area contributed by atoms with Gasteiger partial charge in [0, 0.05) is 36.4 Å². The van der Waals surface area contributed by atoms with Crippen LogP contribution in [0.3, 0.4) is 0 Å². The highest BCUT2D eigenvalue weighted by Gasteiger charge is 2.21. The third kappa shape index (κ3) is 3.31. The minimum Gasteiger partial charge on any atom is -0.337 e. The number of pyridine rings is 1. The van der Waals surface area contributed by atoms with Crippen LogP contribution in [0.25, 0.3) is 0 Å². The van der Waals surface area contributed by atoms with Crippen molar-refractivity contribution in [2.45, 2.75) is 25.9 Å². The van der Waals surface area contributed by atoms with Gasteiger partial charge in [0.05, 0.1) is 6.54 Å². The fraction of sp³-hybridized carbons (Fsp3) is 0.375. The molecule has 0 radical (unpaired) electrons. The Bertz CT molecular complexity index is 611. The maximum absolute atomic E-state index is 12.3. The number of carbonyl (C=O) groups is 1. The summed E-state index contributed by atoms with van der Waals surface area (Å²) in [6.07, 6.45) is 4.57. The lowest BCUT2D eigenvalue weighted by molar-refractivity contribution is -0.131. The van der Waals surface area contributed by atoms with Gasteiger partial charge in [0.1, 0.15) is 0 Å². The summed E-state index contributed by atoms with van der Waals surface area (Å²) in [5, 5.41) is 5.40. The SMILES string of the molecule is C[C@H](NCC(=O)N1CCc2sccc2C1)c1cccnc1. The number of thiophene rings is 1. The van der Waals surface area contributed by atoms with E-state index >= 15 is 0 Å². The molecule has 0 spiro atoms. The maximum Gasteiger partial charge on any atom is 0.236 e. The third-order valence-corrected chi connectivity index (χ3v) is 4.93. The van der Waals surface area contributed by atoms with Crippen LogP contribution in [-0.4, -0.2) is 28.9 Å². The van der Waals surface area contributed by atoms with Crippen LogP contribution in [0.4, 0.5) is 0 Å². The molecule has 21 heavy (non-hydrogen) atoms. The van der Waals surface area contributed by atoms with E-state index in [2.05, 4.69) is 28.7 Å². The van der Waals surface area contributed by atoms with Gasteiger partial charge < -0.3 is 10.2 Å². The molecular formula is C16H19N3OS. The smallest absolute Gasteiger partial charge is 0.236 e. The van der Waals surface area contributed by atoms with E-state index in [-0.39, 0.29) is 11.9 Å². The average molecular weight is 301 g/mol. The highest BCUT2D eigenvalue weighted by Crippen LogP contribution is 2.23. The molecule has 110 valence electrons. The zero-order valence-electron chi connectivity index (χ0n) is 12.1. The van der Waals surface area contributed by atoms with Gasteiger partial charge in [-0.15, -0.1) is 11.3 Å². The Hall–Kier alpha value is -1.72. The van der Waals surface area contributed by atoms with E-state index in [1.807, 2.05) is 23.2 Å². The molecule has 1 amide bonds. The first kappa shape index (κ1) is 14.2. The van der Waals surface area contributed by atoms with Crippen LogP contribution in [0.1, 0.15) is 29.0 Å². The van der Waals surface area contributed by atoms with Crippen molar-refractivity contribution in [3.63, 3.8) is 0 Å². The monoisotopic (exact) mass is 301 g/mol. The van der Waals surface area contributed by atoms with Gasteiger partial charge in [-0.2, -0.15) is 0 Å². The average Bonchev–Trinajstić information content (AvgIpc) is 3.00.